The van der Waals surface area contributed by atoms with Crippen molar-refractivity contribution < 1.29 is 4.79 Å². The van der Waals surface area contributed by atoms with E-state index in [4.69, 9.17) is 9.97 Å². The van der Waals surface area contributed by atoms with E-state index < -0.39 is 0 Å². The van der Waals surface area contributed by atoms with Crippen molar-refractivity contribution in [3.8, 4) is 21.1 Å². The minimum atomic E-state index is -0.0755. The average Bonchev–Trinajstić information content (AvgIpc) is 3.46. The monoisotopic (exact) mass is 417 g/mol. The number of benzene rings is 1. The second-order valence-corrected chi connectivity index (χ2v) is 8.26. The SMILES string of the molecule is C=CCN(CC=C)C(=O)c1ccc2nc(-c3cccs3)c(-c3cccs3)nc2c1. The van der Waals surface area contributed by atoms with Crippen LogP contribution in [0, 0.1) is 0 Å². The number of hydrogen-bond donors (Lipinski definition) is 0. The summed E-state index contributed by atoms with van der Waals surface area (Å²) in [5, 5.41) is 4.07. The number of rotatable bonds is 7. The number of carbonyl (C=O) groups excluding carboxylic acids is 1. The number of hydrogen-bond acceptors (Lipinski definition) is 5. The molecule has 1 aromatic carbocycles. The summed E-state index contributed by atoms with van der Waals surface area (Å²) in [7, 11) is 0. The highest BCUT2D eigenvalue weighted by Gasteiger charge is 2.18. The Morgan fingerprint density at radius 2 is 1.48 bits per heavy atom. The molecule has 0 saturated carbocycles. The number of thiophene rings is 2. The van der Waals surface area contributed by atoms with Crippen LogP contribution in [0.4, 0.5) is 0 Å². The number of amides is 1. The summed E-state index contributed by atoms with van der Waals surface area (Å²) in [5.74, 6) is -0.0755. The van der Waals surface area contributed by atoms with Crippen molar-refractivity contribution >= 4 is 39.6 Å². The molecular formula is C23H19N3OS2. The first-order valence-corrected chi connectivity index (χ1v) is 10.9. The summed E-state index contributed by atoms with van der Waals surface area (Å²) in [4.78, 5) is 26.5. The molecule has 0 saturated heterocycles. The van der Waals surface area contributed by atoms with Crippen molar-refractivity contribution in [2.24, 2.45) is 0 Å². The lowest BCUT2D eigenvalue weighted by Gasteiger charge is -2.19. The van der Waals surface area contributed by atoms with Gasteiger partial charge in [0.15, 0.2) is 0 Å². The topological polar surface area (TPSA) is 46.1 Å². The van der Waals surface area contributed by atoms with Gasteiger partial charge in [-0.2, -0.15) is 0 Å². The lowest BCUT2D eigenvalue weighted by Crippen LogP contribution is -2.31. The van der Waals surface area contributed by atoms with Gasteiger partial charge in [0.25, 0.3) is 5.91 Å². The lowest BCUT2D eigenvalue weighted by atomic mass is 10.1. The van der Waals surface area contributed by atoms with Gasteiger partial charge in [0, 0.05) is 18.7 Å². The summed E-state index contributed by atoms with van der Waals surface area (Å²) >= 11 is 3.27. The van der Waals surface area contributed by atoms with E-state index in [9.17, 15) is 4.79 Å². The zero-order chi connectivity index (χ0) is 20.2. The van der Waals surface area contributed by atoms with Crippen LogP contribution in [0.5, 0.6) is 0 Å². The standard InChI is InChI=1S/C23H19N3OS2/c1-3-11-26(12-4-2)23(27)16-9-10-17-18(15-16)25-22(20-8-6-14-29-20)21(24-17)19-7-5-13-28-19/h3-10,13-15H,1-2,11-12H2. The second-order valence-electron chi connectivity index (χ2n) is 6.37. The van der Waals surface area contributed by atoms with Gasteiger partial charge in [0.2, 0.25) is 0 Å². The summed E-state index contributed by atoms with van der Waals surface area (Å²) in [6, 6.07) is 13.6. The van der Waals surface area contributed by atoms with E-state index in [0.717, 1.165) is 26.7 Å². The van der Waals surface area contributed by atoms with Gasteiger partial charge in [0.05, 0.1) is 20.8 Å². The van der Waals surface area contributed by atoms with Crippen molar-refractivity contribution in [2.75, 3.05) is 13.1 Å². The van der Waals surface area contributed by atoms with Crippen molar-refractivity contribution in [1.82, 2.24) is 14.9 Å². The van der Waals surface area contributed by atoms with Crippen molar-refractivity contribution in [2.45, 2.75) is 0 Å². The van der Waals surface area contributed by atoms with Gasteiger partial charge in [0.1, 0.15) is 11.4 Å². The number of carbonyl (C=O) groups is 1. The van der Waals surface area contributed by atoms with Crippen molar-refractivity contribution in [1.29, 1.82) is 0 Å². The molecule has 6 heteroatoms. The van der Waals surface area contributed by atoms with Gasteiger partial charge in [-0.1, -0.05) is 24.3 Å². The molecule has 4 rings (SSSR count). The maximum Gasteiger partial charge on any atom is 0.254 e. The molecule has 0 fully saturated rings. The van der Waals surface area contributed by atoms with Gasteiger partial charge < -0.3 is 4.90 Å². The Hall–Kier alpha value is -3.09. The highest BCUT2D eigenvalue weighted by atomic mass is 32.1. The molecule has 0 aliphatic carbocycles. The van der Waals surface area contributed by atoms with Gasteiger partial charge in [-0.15, -0.1) is 35.8 Å². The van der Waals surface area contributed by atoms with E-state index >= 15 is 0 Å². The van der Waals surface area contributed by atoms with E-state index in [0.29, 0.717) is 24.2 Å². The molecular weight excluding hydrogens is 398 g/mol. The average molecular weight is 418 g/mol. The van der Waals surface area contributed by atoms with E-state index in [1.54, 1.807) is 39.7 Å². The van der Waals surface area contributed by atoms with Crippen LogP contribution in [0.2, 0.25) is 0 Å². The normalized spacial score (nSPS) is 10.8. The van der Waals surface area contributed by atoms with Crippen LogP contribution in [-0.4, -0.2) is 33.9 Å². The zero-order valence-corrected chi connectivity index (χ0v) is 17.4. The third-order valence-electron chi connectivity index (χ3n) is 4.41. The molecule has 0 aliphatic heterocycles. The fourth-order valence-electron chi connectivity index (χ4n) is 3.09. The van der Waals surface area contributed by atoms with Crippen LogP contribution < -0.4 is 0 Å². The first-order valence-electron chi connectivity index (χ1n) is 9.12. The molecule has 4 aromatic rings. The third kappa shape index (κ3) is 3.90. The van der Waals surface area contributed by atoms with Gasteiger partial charge in [-0.25, -0.2) is 9.97 Å². The first-order chi connectivity index (χ1) is 14.2. The van der Waals surface area contributed by atoms with Crippen LogP contribution >= 0.6 is 22.7 Å². The van der Waals surface area contributed by atoms with E-state index in [1.807, 2.05) is 47.2 Å². The minimum absolute atomic E-state index is 0.0755. The summed E-state index contributed by atoms with van der Waals surface area (Å²) in [6.45, 7) is 8.40. The molecule has 0 radical (unpaired) electrons. The Labute approximate surface area is 177 Å². The Morgan fingerprint density at radius 1 is 0.897 bits per heavy atom. The molecule has 0 N–H and O–H groups in total. The zero-order valence-electron chi connectivity index (χ0n) is 15.7. The molecule has 0 unspecified atom stereocenters. The van der Waals surface area contributed by atoms with Gasteiger partial charge in [-0.3, -0.25) is 4.79 Å². The van der Waals surface area contributed by atoms with E-state index in [-0.39, 0.29) is 5.91 Å². The molecule has 0 spiro atoms. The Bertz CT molecular complexity index is 1150. The molecule has 0 atom stereocenters. The van der Waals surface area contributed by atoms with Crippen molar-refractivity contribution in [3.63, 3.8) is 0 Å². The maximum absolute atomic E-state index is 12.9. The Balaban J connectivity index is 1.83. The number of aromatic nitrogens is 2. The molecule has 0 bridgehead atoms. The number of nitrogens with zero attached hydrogens (tertiary/aromatic N) is 3. The minimum Gasteiger partial charge on any atom is -0.331 e. The van der Waals surface area contributed by atoms with Crippen molar-refractivity contribution in [3.05, 3.63) is 84.1 Å². The molecule has 3 heterocycles. The highest BCUT2D eigenvalue weighted by Crippen LogP contribution is 2.35. The summed E-state index contributed by atoms with van der Waals surface area (Å²) < 4.78 is 0. The summed E-state index contributed by atoms with van der Waals surface area (Å²) in [5.41, 5.74) is 3.76. The van der Waals surface area contributed by atoms with Crippen LogP contribution in [-0.2, 0) is 0 Å². The molecule has 4 nitrogen and oxygen atoms in total. The highest BCUT2D eigenvalue weighted by molar-refractivity contribution is 7.14. The molecule has 1 amide bonds. The van der Waals surface area contributed by atoms with Crippen LogP contribution in [0.15, 0.2) is 78.5 Å². The predicted octanol–water partition coefficient (Wildman–Crippen LogP) is 5.90. The quantitative estimate of drug-likeness (QED) is 0.352. The smallest absolute Gasteiger partial charge is 0.254 e. The van der Waals surface area contributed by atoms with Crippen LogP contribution in [0.1, 0.15) is 10.4 Å². The molecule has 0 aliphatic rings. The molecule has 3 aromatic heterocycles. The van der Waals surface area contributed by atoms with Crippen LogP contribution in [0.3, 0.4) is 0 Å². The Kier molecular flexibility index (Phi) is 5.64. The first kappa shape index (κ1) is 19.2. The fourth-order valence-corrected chi connectivity index (χ4v) is 4.52. The molecule has 144 valence electrons. The summed E-state index contributed by atoms with van der Waals surface area (Å²) in [6.07, 6.45) is 3.43. The Morgan fingerprint density at radius 3 is 2.00 bits per heavy atom. The van der Waals surface area contributed by atoms with Gasteiger partial charge >= 0.3 is 0 Å². The van der Waals surface area contributed by atoms with Gasteiger partial charge in [-0.05, 0) is 41.1 Å². The maximum atomic E-state index is 12.9. The fraction of sp³-hybridized carbons (Fsp3) is 0.0870. The molecule has 29 heavy (non-hydrogen) atoms. The second kappa shape index (κ2) is 8.51. The van der Waals surface area contributed by atoms with E-state index in [2.05, 4.69) is 19.2 Å². The van der Waals surface area contributed by atoms with Crippen LogP contribution in [0.25, 0.3) is 32.2 Å². The largest absolute Gasteiger partial charge is 0.331 e. The predicted molar refractivity (Wildman–Crippen MR) is 122 cm³/mol. The third-order valence-corrected chi connectivity index (χ3v) is 6.16. The lowest BCUT2D eigenvalue weighted by molar-refractivity contribution is 0.0791. The number of fused-ring (bicyclic) bond motifs is 1. The van der Waals surface area contributed by atoms with E-state index in [1.165, 1.54) is 0 Å².